The minimum atomic E-state index is -2.97. The van der Waals surface area contributed by atoms with Gasteiger partial charge in [-0.25, -0.2) is 0 Å². The fraction of sp³-hybridized carbons (Fsp3) is 0.316. The molecule has 1 aliphatic rings. The number of para-hydroxylation sites is 1. The van der Waals surface area contributed by atoms with E-state index in [0.717, 1.165) is 5.56 Å². The molecular weight excluding hydrogens is 397 g/mol. The molecule has 0 spiro atoms. The SMILES string of the molecule is O=C(c1ccccc1OC(F)F)N1CCN(Cc2ccc(Cl)cc2Cl)CC1. The van der Waals surface area contributed by atoms with Crippen LogP contribution in [0.4, 0.5) is 8.78 Å². The summed E-state index contributed by atoms with van der Waals surface area (Å²) in [7, 11) is 0. The lowest BCUT2D eigenvalue weighted by atomic mass is 10.1. The molecule has 8 heteroatoms. The van der Waals surface area contributed by atoms with Gasteiger partial charge in [-0.2, -0.15) is 8.78 Å². The molecule has 1 heterocycles. The Bertz CT molecular complexity index is 812. The van der Waals surface area contributed by atoms with Crippen LogP contribution >= 0.6 is 23.2 Å². The second-order valence-electron chi connectivity index (χ2n) is 6.18. The van der Waals surface area contributed by atoms with E-state index in [-0.39, 0.29) is 17.2 Å². The smallest absolute Gasteiger partial charge is 0.387 e. The van der Waals surface area contributed by atoms with Crippen molar-refractivity contribution >= 4 is 29.1 Å². The quantitative estimate of drug-likeness (QED) is 0.718. The lowest BCUT2D eigenvalue weighted by Gasteiger charge is -2.35. The maximum atomic E-state index is 12.7. The minimum Gasteiger partial charge on any atom is -0.434 e. The van der Waals surface area contributed by atoms with Crippen molar-refractivity contribution < 1.29 is 18.3 Å². The molecule has 0 bridgehead atoms. The van der Waals surface area contributed by atoms with Crippen molar-refractivity contribution in [2.75, 3.05) is 26.2 Å². The van der Waals surface area contributed by atoms with Gasteiger partial charge in [0.1, 0.15) is 5.75 Å². The number of amides is 1. The van der Waals surface area contributed by atoms with Crippen LogP contribution in [0.5, 0.6) is 5.75 Å². The van der Waals surface area contributed by atoms with E-state index in [0.29, 0.717) is 42.8 Å². The molecule has 1 amide bonds. The first kappa shape index (κ1) is 19.9. The van der Waals surface area contributed by atoms with E-state index in [1.807, 2.05) is 6.07 Å². The topological polar surface area (TPSA) is 32.8 Å². The average Bonchev–Trinajstić information content (AvgIpc) is 2.64. The maximum Gasteiger partial charge on any atom is 0.387 e. The van der Waals surface area contributed by atoms with E-state index in [2.05, 4.69) is 9.64 Å². The van der Waals surface area contributed by atoms with Crippen molar-refractivity contribution in [1.82, 2.24) is 9.80 Å². The van der Waals surface area contributed by atoms with E-state index >= 15 is 0 Å². The third-order valence-electron chi connectivity index (χ3n) is 4.40. The number of carbonyl (C=O) groups is 1. The zero-order valence-electron chi connectivity index (χ0n) is 14.4. The largest absolute Gasteiger partial charge is 0.434 e. The summed E-state index contributed by atoms with van der Waals surface area (Å²) in [6, 6.07) is 11.4. The standard InChI is InChI=1S/C19H18Cl2F2N2O2/c20-14-6-5-13(16(21)11-14)12-24-7-9-25(10-8-24)18(26)15-3-1-2-4-17(15)27-19(22)23/h1-6,11,19H,7-10,12H2. The van der Waals surface area contributed by atoms with Crippen LogP contribution in [0, 0.1) is 0 Å². The molecule has 27 heavy (non-hydrogen) atoms. The summed E-state index contributed by atoms with van der Waals surface area (Å²) in [6.07, 6.45) is 0. The zero-order chi connectivity index (χ0) is 19.4. The summed E-state index contributed by atoms with van der Waals surface area (Å²) < 4.78 is 29.6. The lowest BCUT2D eigenvalue weighted by Crippen LogP contribution is -2.48. The fourth-order valence-electron chi connectivity index (χ4n) is 3.01. The van der Waals surface area contributed by atoms with Crippen molar-refractivity contribution in [3.8, 4) is 5.75 Å². The van der Waals surface area contributed by atoms with Crippen molar-refractivity contribution in [2.24, 2.45) is 0 Å². The van der Waals surface area contributed by atoms with Gasteiger partial charge in [0.25, 0.3) is 5.91 Å². The van der Waals surface area contributed by atoms with Gasteiger partial charge in [0.05, 0.1) is 5.56 Å². The van der Waals surface area contributed by atoms with Gasteiger partial charge >= 0.3 is 6.61 Å². The number of hydrogen-bond acceptors (Lipinski definition) is 3. The molecule has 0 aliphatic carbocycles. The van der Waals surface area contributed by atoms with Crippen LogP contribution in [0.15, 0.2) is 42.5 Å². The summed E-state index contributed by atoms with van der Waals surface area (Å²) in [5.74, 6) is -0.414. The molecule has 0 saturated carbocycles. The third-order valence-corrected chi connectivity index (χ3v) is 4.99. The Labute approximate surface area is 166 Å². The number of piperazine rings is 1. The Morgan fingerprint density at radius 1 is 1.07 bits per heavy atom. The van der Waals surface area contributed by atoms with Gasteiger partial charge in [-0.1, -0.05) is 41.4 Å². The summed E-state index contributed by atoms with van der Waals surface area (Å²) >= 11 is 12.1. The number of alkyl halides is 2. The zero-order valence-corrected chi connectivity index (χ0v) is 15.9. The number of ether oxygens (including phenoxy) is 1. The first-order valence-electron chi connectivity index (χ1n) is 8.43. The Kier molecular flexibility index (Phi) is 6.52. The maximum absolute atomic E-state index is 12.7. The van der Waals surface area contributed by atoms with Gasteiger partial charge < -0.3 is 9.64 Å². The summed E-state index contributed by atoms with van der Waals surface area (Å²) in [6.45, 7) is -0.0196. The molecule has 144 valence electrons. The summed E-state index contributed by atoms with van der Waals surface area (Å²) in [4.78, 5) is 16.5. The van der Waals surface area contributed by atoms with E-state index in [1.54, 1.807) is 29.2 Å². The van der Waals surface area contributed by atoms with Crippen LogP contribution in [0.1, 0.15) is 15.9 Å². The molecule has 3 rings (SSSR count). The van der Waals surface area contributed by atoms with Gasteiger partial charge in [-0.15, -0.1) is 0 Å². The summed E-state index contributed by atoms with van der Waals surface area (Å²) in [5, 5.41) is 1.20. The van der Waals surface area contributed by atoms with Crippen LogP contribution in [-0.2, 0) is 6.54 Å². The van der Waals surface area contributed by atoms with Crippen molar-refractivity contribution in [3.63, 3.8) is 0 Å². The van der Waals surface area contributed by atoms with Crippen molar-refractivity contribution in [2.45, 2.75) is 13.2 Å². The monoisotopic (exact) mass is 414 g/mol. The number of halogens is 4. The number of hydrogen-bond donors (Lipinski definition) is 0. The van der Waals surface area contributed by atoms with Gasteiger partial charge in [0.2, 0.25) is 0 Å². The van der Waals surface area contributed by atoms with Crippen LogP contribution in [0.25, 0.3) is 0 Å². The number of carbonyl (C=O) groups excluding carboxylic acids is 1. The molecule has 1 aliphatic heterocycles. The Morgan fingerprint density at radius 2 is 1.78 bits per heavy atom. The van der Waals surface area contributed by atoms with Gasteiger partial charge in [-0.3, -0.25) is 9.69 Å². The van der Waals surface area contributed by atoms with E-state index in [1.165, 1.54) is 12.1 Å². The number of rotatable bonds is 5. The molecular formula is C19H18Cl2F2N2O2. The second-order valence-corrected chi connectivity index (χ2v) is 7.02. The van der Waals surface area contributed by atoms with Gasteiger partial charge in [0.15, 0.2) is 0 Å². The van der Waals surface area contributed by atoms with E-state index in [4.69, 9.17) is 23.2 Å². The fourth-order valence-corrected chi connectivity index (χ4v) is 3.48. The van der Waals surface area contributed by atoms with E-state index < -0.39 is 6.61 Å². The highest BCUT2D eigenvalue weighted by atomic mass is 35.5. The highest BCUT2D eigenvalue weighted by molar-refractivity contribution is 6.35. The summed E-state index contributed by atoms with van der Waals surface area (Å²) in [5.41, 5.74) is 1.11. The van der Waals surface area contributed by atoms with Gasteiger partial charge in [-0.05, 0) is 29.8 Å². The van der Waals surface area contributed by atoms with Gasteiger partial charge in [0, 0.05) is 42.8 Å². The predicted molar refractivity (Wildman–Crippen MR) is 101 cm³/mol. The molecule has 0 atom stereocenters. The minimum absolute atomic E-state index is 0.104. The van der Waals surface area contributed by atoms with Crippen LogP contribution in [-0.4, -0.2) is 48.5 Å². The Balaban J connectivity index is 1.61. The Hall–Kier alpha value is -1.89. The van der Waals surface area contributed by atoms with E-state index in [9.17, 15) is 13.6 Å². The van der Waals surface area contributed by atoms with Crippen LogP contribution in [0.2, 0.25) is 10.0 Å². The molecule has 2 aromatic carbocycles. The second kappa shape index (κ2) is 8.87. The lowest BCUT2D eigenvalue weighted by molar-refractivity contribution is -0.0503. The first-order valence-corrected chi connectivity index (χ1v) is 9.19. The number of benzene rings is 2. The highest BCUT2D eigenvalue weighted by Gasteiger charge is 2.25. The predicted octanol–water partition coefficient (Wildman–Crippen LogP) is 4.55. The number of nitrogens with zero attached hydrogens (tertiary/aromatic N) is 2. The molecule has 4 nitrogen and oxygen atoms in total. The van der Waals surface area contributed by atoms with Crippen molar-refractivity contribution in [3.05, 3.63) is 63.6 Å². The molecule has 2 aromatic rings. The first-order chi connectivity index (χ1) is 12.9. The van der Waals surface area contributed by atoms with Crippen molar-refractivity contribution in [1.29, 1.82) is 0 Å². The molecule has 0 radical (unpaired) electrons. The molecule has 0 unspecified atom stereocenters. The average molecular weight is 415 g/mol. The molecule has 0 aromatic heterocycles. The van der Waals surface area contributed by atoms with Crippen LogP contribution in [0.3, 0.4) is 0 Å². The van der Waals surface area contributed by atoms with Crippen LogP contribution < -0.4 is 4.74 Å². The normalized spacial score (nSPS) is 15.2. The molecule has 1 fully saturated rings. The third kappa shape index (κ3) is 5.09. The Morgan fingerprint density at radius 3 is 2.44 bits per heavy atom. The molecule has 1 saturated heterocycles. The molecule has 0 N–H and O–H groups in total. The highest BCUT2D eigenvalue weighted by Crippen LogP contribution is 2.24.